The summed E-state index contributed by atoms with van der Waals surface area (Å²) < 4.78 is 0. The van der Waals surface area contributed by atoms with Gasteiger partial charge in [-0.1, -0.05) is 6.07 Å². The number of aryl methyl sites for hydroxylation is 2. The Morgan fingerprint density at radius 3 is 2.75 bits per heavy atom. The van der Waals surface area contributed by atoms with Gasteiger partial charge in [0.05, 0.1) is 0 Å². The number of fused-ring (bicyclic) bond motifs is 1. The van der Waals surface area contributed by atoms with Gasteiger partial charge in [0.15, 0.2) is 0 Å². The molecule has 1 unspecified atom stereocenters. The van der Waals surface area contributed by atoms with Gasteiger partial charge in [-0.05, 0) is 68.0 Å². The molecular formula is C14H21NS. The van der Waals surface area contributed by atoms with Gasteiger partial charge in [-0.15, -0.1) is 11.8 Å². The van der Waals surface area contributed by atoms with E-state index in [0.717, 1.165) is 12.2 Å². The quantitative estimate of drug-likeness (QED) is 0.810. The highest BCUT2D eigenvalue weighted by atomic mass is 32.2. The first-order chi connectivity index (χ1) is 7.75. The fourth-order valence-electron chi connectivity index (χ4n) is 2.16. The average molecular weight is 235 g/mol. The zero-order valence-electron chi connectivity index (χ0n) is 10.0. The lowest BCUT2D eigenvalue weighted by atomic mass is 9.92. The van der Waals surface area contributed by atoms with Crippen LogP contribution in [0.15, 0.2) is 23.1 Å². The summed E-state index contributed by atoms with van der Waals surface area (Å²) in [5.74, 6) is 1.14. The van der Waals surface area contributed by atoms with E-state index in [1.165, 1.54) is 30.6 Å². The minimum Gasteiger partial charge on any atom is -0.328 e. The lowest BCUT2D eigenvalue weighted by Crippen LogP contribution is -2.15. The third-order valence-corrected chi connectivity index (χ3v) is 4.19. The highest BCUT2D eigenvalue weighted by Gasteiger charge is 2.09. The van der Waals surface area contributed by atoms with Crippen LogP contribution in [0.3, 0.4) is 0 Å². The number of nitrogens with two attached hydrogens (primary N) is 1. The van der Waals surface area contributed by atoms with Crippen molar-refractivity contribution in [3.63, 3.8) is 0 Å². The van der Waals surface area contributed by atoms with Crippen LogP contribution < -0.4 is 5.73 Å². The Bertz CT molecular complexity index is 347. The van der Waals surface area contributed by atoms with Crippen molar-refractivity contribution in [1.29, 1.82) is 0 Å². The predicted molar refractivity (Wildman–Crippen MR) is 72.1 cm³/mol. The standard InChI is InChI=1S/C14H21NS/c1-11(15)8-9-16-14-7-6-12-4-2-3-5-13(12)10-14/h6-7,10-11H,2-5,8-9,15H2,1H3. The number of hydrogen-bond donors (Lipinski definition) is 1. The van der Waals surface area contributed by atoms with Crippen LogP contribution in [0.4, 0.5) is 0 Å². The maximum absolute atomic E-state index is 5.75. The van der Waals surface area contributed by atoms with Crippen molar-refractivity contribution in [2.45, 2.75) is 50.0 Å². The van der Waals surface area contributed by atoms with Gasteiger partial charge in [-0.25, -0.2) is 0 Å². The number of rotatable bonds is 4. The molecule has 1 aromatic carbocycles. The second-order valence-electron chi connectivity index (χ2n) is 4.75. The third kappa shape index (κ3) is 3.26. The fourth-order valence-corrected chi connectivity index (χ4v) is 3.28. The summed E-state index contributed by atoms with van der Waals surface area (Å²) in [4.78, 5) is 1.42. The van der Waals surface area contributed by atoms with Crippen molar-refractivity contribution in [3.8, 4) is 0 Å². The maximum atomic E-state index is 5.75. The van der Waals surface area contributed by atoms with Crippen molar-refractivity contribution in [2.75, 3.05) is 5.75 Å². The molecule has 0 aromatic heterocycles. The highest BCUT2D eigenvalue weighted by Crippen LogP contribution is 2.27. The van der Waals surface area contributed by atoms with E-state index in [0.29, 0.717) is 6.04 Å². The number of hydrogen-bond acceptors (Lipinski definition) is 2. The number of benzene rings is 1. The van der Waals surface area contributed by atoms with Crippen LogP contribution in [0.5, 0.6) is 0 Å². The Hall–Kier alpha value is -0.470. The number of thioether (sulfide) groups is 1. The van der Waals surface area contributed by atoms with Crippen LogP contribution in [0.2, 0.25) is 0 Å². The average Bonchev–Trinajstić information content (AvgIpc) is 2.28. The lowest BCUT2D eigenvalue weighted by Gasteiger charge is -2.16. The van der Waals surface area contributed by atoms with E-state index in [1.54, 1.807) is 11.1 Å². The summed E-state index contributed by atoms with van der Waals surface area (Å²) in [6.07, 6.45) is 6.38. The summed E-state index contributed by atoms with van der Waals surface area (Å²) in [5, 5.41) is 0. The first-order valence-electron chi connectivity index (χ1n) is 6.26. The Kier molecular flexibility index (Phi) is 4.30. The molecule has 0 heterocycles. The zero-order chi connectivity index (χ0) is 11.4. The van der Waals surface area contributed by atoms with Gasteiger partial charge in [-0.2, -0.15) is 0 Å². The molecule has 0 saturated carbocycles. The SMILES string of the molecule is CC(N)CCSc1ccc2c(c1)CCCC2. The van der Waals surface area contributed by atoms with Gasteiger partial charge in [0.2, 0.25) is 0 Å². The lowest BCUT2D eigenvalue weighted by molar-refractivity contribution is 0.683. The van der Waals surface area contributed by atoms with Crippen molar-refractivity contribution in [2.24, 2.45) is 5.73 Å². The van der Waals surface area contributed by atoms with E-state index in [9.17, 15) is 0 Å². The van der Waals surface area contributed by atoms with Crippen LogP contribution in [-0.2, 0) is 12.8 Å². The topological polar surface area (TPSA) is 26.0 Å². The van der Waals surface area contributed by atoms with E-state index < -0.39 is 0 Å². The van der Waals surface area contributed by atoms with Crippen LogP contribution in [0.25, 0.3) is 0 Å². The van der Waals surface area contributed by atoms with E-state index in [2.05, 4.69) is 25.1 Å². The largest absolute Gasteiger partial charge is 0.328 e. The first kappa shape index (κ1) is 12.0. The Balaban J connectivity index is 1.95. The van der Waals surface area contributed by atoms with Crippen LogP contribution in [0, 0.1) is 0 Å². The molecule has 16 heavy (non-hydrogen) atoms. The second-order valence-corrected chi connectivity index (χ2v) is 5.92. The third-order valence-electron chi connectivity index (χ3n) is 3.16. The first-order valence-corrected chi connectivity index (χ1v) is 7.24. The van der Waals surface area contributed by atoms with Crippen molar-refractivity contribution in [1.82, 2.24) is 0 Å². The highest BCUT2D eigenvalue weighted by molar-refractivity contribution is 7.99. The van der Waals surface area contributed by atoms with Gasteiger partial charge >= 0.3 is 0 Å². The summed E-state index contributed by atoms with van der Waals surface area (Å²) in [6.45, 7) is 2.08. The molecule has 2 heteroatoms. The van der Waals surface area contributed by atoms with E-state index in [-0.39, 0.29) is 0 Å². The molecule has 1 aliphatic rings. The molecule has 1 nitrogen and oxygen atoms in total. The molecule has 0 aliphatic heterocycles. The molecule has 0 fully saturated rings. The van der Waals surface area contributed by atoms with Gasteiger partial charge < -0.3 is 5.73 Å². The normalized spacial score (nSPS) is 16.9. The molecule has 0 saturated heterocycles. The molecule has 1 atom stereocenters. The minimum atomic E-state index is 0.324. The monoisotopic (exact) mass is 235 g/mol. The molecule has 0 spiro atoms. The van der Waals surface area contributed by atoms with Crippen molar-refractivity contribution >= 4 is 11.8 Å². The Morgan fingerprint density at radius 2 is 2.00 bits per heavy atom. The summed E-state index contributed by atoms with van der Waals surface area (Å²) in [7, 11) is 0. The van der Waals surface area contributed by atoms with Gasteiger partial charge in [0, 0.05) is 10.9 Å². The van der Waals surface area contributed by atoms with E-state index in [1.807, 2.05) is 11.8 Å². The Morgan fingerprint density at radius 1 is 1.25 bits per heavy atom. The van der Waals surface area contributed by atoms with Gasteiger partial charge in [0.25, 0.3) is 0 Å². The summed E-state index contributed by atoms with van der Waals surface area (Å²) >= 11 is 1.94. The minimum absolute atomic E-state index is 0.324. The van der Waals surface area contributed by atoms with Crippen LogP contribution in [0.1, 0.15) is 37.3 Å². The van der Waals surface area contributed by atoms with Gasteiger partial charge in [0.1, 0.15) is 0 Å². The molecule has 1 aliphatic carbocycles. The molecule has 0 bridgehead atoms. The summed E-state index contributed by atoms with van der Waals surface area (Å²) in [5.41, 5.74) is 8.91. The van der Waals surface area contributed by atoms with Gasteiger partial charge in [-0.3, -0.25) is 0 Å². The van der Waals surface area contributed by atoms with Crippen LogP contribution in [-0.4, -0.2) is 11.8 Å². The molecule has 0 amide bonds. The Labute approximate surface area is 103 Å². The summed E-state index contributed by atoms with van der Waals surface area (Å²) in [6, 6.07) is 7.31. The molecule has 1 aromatic rings. The molecular weight excluding hydrogens is 214 g/mol. The van der Waals surface area contributed by atoms with E-state index in [4.69, 9.17) is 5.73 Å². The van der Waals surface area contributed by atoms with E-state index >= 15 is 0 Å². The van der Waals surface area contributed by atoms with Crippen LogP contribution >= 0.6 is 11.8 Å². The molecule has 2 N–H and O–H groups in total. The molecule has 0 radical (unpaired) electrons. The zero-order valence-corrected chi connectivity index (χ0v) is 10.9. The molecule has 2 rings (SSSR count). The second kappa shape index (κ2) is 5.74. The van der Waals surface area contributed by atoms with Crippen molar-refractivity contribution < 1.29 is 0 Å². The maximum Gasteiger partial charge on any atom is 0.00748 e. The smallest absolute Gasteiger partial charge is 0.00748 e. The predicted octanol–water partition coefficient (Wildman–Crippen LogP) is 3.39. The fraction of sp³-hybridized carbons (Fsp3) is 0.571. The molecule has 88 valence electrons. The van der Waals surface area contributed by atoms with Crippen molar-refractivity contribution in [3.05, 3.63) is 29.3 Å².